The molecular weight excluding hydrogens is 285 g/mol. The number of hydrogen-bond acceptors (Lipinski definition) is 3. The van der Waals surface area contributed by atoms with Crippen LogP contribution < -0.4 is 9.64 Å². The molecule has 0 spiro atoms. The Morgan fingerprint density at radius 1 is 1.23 bits per heavy atom. The number of carbonyl (C=O) groups is 1. The van der Waals surface area contributed by atoms with Crippen molar-refractivity contribution in [1.29, 1.82) is 0 Å². The lowest BCUT2D eigenvalue weighted by molar-refractivity contribution is -0.117. The molecule has 0 aliphatic carbocycles. The van der Waals surface area contributed by atoms with Crippen molar-refractivity contribution in [1.82, 2.24) is 0 Å². The van der Waals surface area contributed by atoms with Crippen molar-refractivity contribution in [3.63, 3.8) is 0 Å². The van der Waals surface area contributed by atoms with Gasteiger partial charge in [0.25, 0.3) is 0 Å². The quantitative estimate of drug-likeness (QED) is 0.944. The number of phenols is 1. The van der Waals surface area contributed by atoms with E-state index in [4.69, 9.17) is 4.74 Å². The van der Waals surface area contributed by atoms with E-state index in [0.29, 0.717) is 25.3 Å². The number of carbonyl (C=O) groups excluding carboxylic acids is 1. The normalized spacial score (nSPS) is 17.8. The molecule has 3 rings (SSSR count). The van der Waals surface area contributed by atoms with Crippen molar-refractivity contribution in [2.75, 3.05) is 18.1 Å². The number of rotatable bonds is 4. The van der Waals surface area contributed by atoms with Crippen molar-refractivity contribution < 1.29 is 19.0 Å². The van der Waals surface area contributed by atoms with Gasteiger partial charge in [-0.25, -0.2) is 4.39 Å². The van der Waals surface area contributed by atoms with Crippen LogP contribution in [-0.4, -0.2) is 24.2 Å². The highest BCUT2D eigenvalue weighted by Crippen LogP contribution is 2.28. The van der Waals surface area contributed by atoms with Crippen LogP contribution in [0.15, 0.2) is 48.5 Å². The van der Waals surface area contributed by atoms with Gasteiger partial charge in [-0.1, -0.05) is 18.2 Å². The Morgan fingerprint density at radius 3 is 2.73 bits per heavy atom. The molecule has 1 fully saturated rings. The highest BCUT2D eigenvalue weighted by atomic mass is 19.1. The van der Waals surface area contributed by atoms with E-state index in [9.17, 15) is 14.3 Å². The zero-order chi connectivity index (χ0) is 15.5. The van der Waals surface area contributed by atoms with Gasteiger partial charge in [-0.05, 0) is 24.3 Å². The van der Waals surface area contributed by atoms with E-state index >= 15 is 0 Å². The van der Waals surface area contributed by atoms with Gasteiger partial charge >= 0.3 is 0 Å². The molecule has 2 aromatic carbocycles. The molecule has 0 saturated carbocycles. The standard InChI is InChI=1S/C17H16FNO3/c18-15-9-13(6-7-16(15)20)19-10-12(8-17(19)21)11-22-14-4-2-1-3-5-14/h1-7,9,12,20H,8,10-11H2. The Labute approximate surface area is 127 Å². The third kappa shape index (κ3) is 3.03. The van der Waals surface area contributed by atoms with Gasteiger partial charge in [-0.2, -0.15) is 0 Å². The van der Waals surface area contributed by atoms with Gasteiger partial charge in [0.05, 0.1) is 6.61 Å². The van der Waals surface area contributed by atoms with Crippen LogP contribution in [0, 0.1) is 11.7 Å². The zero-order valence-electron chi connectivity index (χ0n) is 11.9. The van der Waals surface area contributed by atoms with Crippen LogP contribution in [-0.2, 0) is 4.79 Å². The summed E-state index contributed by atoms with van der Waals surface area (Å²) < 4.78 is 19.1. The van der Waals surface area contributed by atoms with Crippen molar-refractivity contribution in [3.8, 4) is 11.5 Å². The largest absolute Gasteiger partial charge is 0.505 e. The number of nitrogens with zero attached hydrogens (tertiary/aromatic N) is 1. The van der Waals surface area contributed by atoms with E-state index in [1.54, 1.807) is 0 Å². The summed E-state index contributed by atoms with van der Waals surface area (Å²) in [6, 6.07) is 13.4. The number of phenolic OH excluding ortho intramolecular Hbond substituents is 1. The minimum Gasteiger partial charge on any atom is -0.505 e. The molecule has 1 aliphatic rings. The Kier molecular flexibility index (Phi) is 3.96. The van der Waals surface area contributed by atoms with Crippen LogP contribution in [0.25, 0.3) is 0 Å². The lowest BCUT2D eigenvalue weighted by atomic mass is 10.1. The highest BCUT2D eigenvalue weighted by molar-refractivity contribution is 5.95. The number of benzene rings is 2. The van der Waals surface area contributed by atoms with Gasteiger partial charge in [-0.15, -0.1) is 0 Å². The molecular formula is C17H16FNO3. The fourth-order valence-corrected chi connectivity index (χ4v) is 2.54. The van der Waals surface area contributed by atoms with Crippen molar-refractivity contribution in [2.45, 2.75) is 6.42 Å². The second-order valence-electron chi connectivity index (χ2n) is 5.33. The van der Waals surface area contributed by atoms with E-state index < -0.39 is 11.6 Å². The summed E-state index contributed by atoms with van der Waals surface area (Å²) >= 11 is 0. The SMILES string of the molecule is O=C1CC(COc2ccccc2)CN1c1ccc(O)c(F)c1. The van der Waals surface area contributed by atoms with Crippen LogP contribution in [0.3, 0.4) is 0 Å². The van der Waals surface area contributed by atoms with Gasteiger partial charge < -0.3 is 14.7 Å². The summed E-state index contributed by atoms with van der Waals surface area (Å²) in [4.78, 5) is 13.6. The molecule has 114 valence electrons. The predicted molar refractivity (Wildman–Crippen MR) is 80.5 cm³/mol. The lowest BCUT2D eigenvalue weighted by Crippen LogP contribution is -2.25. The summed E-state index contributed by atoms with van der Waals surface area (Å²) in [5, 5.41) is 9.22. The molecule has 4 nitrogen and oxygen atoms in total. The average Bonchev–Trinajstić information content (AvgIpc) is 2.90. The van der Waals surface area contributed by atoms with Crippen LogP contribution in [0.2, 0.25) is 0 Å². The van der Waals surface area contributed by atoms with Gasteiger partial charge in [0.15, 0.2) is 11.6 Å². The first-order chi connectivity index (χ1) is 10.6. The third-order valence-electron chi connectivity index (χ3n) is 3.68. The first kappa shape index (κ1) is 14.4. The van der Waals surface area contributed by atoms with E-state index in [0.717, 1.165) is 5.75 Å². The fourth-order valence-electron chi connectivity index (χ4n) is 2.54. The number of aromatic hydroxyl groups is 1. The summed E-state index contributed by atoms with van der Waals surface area (Å²) in [6.45, 7) is 0.919. The Balaban J connectivity index is 1.64. The van der Waals surface area contributed by atoms with Crippen molar-refractivity contribution >= 4 is 11.6 Å². The molecule has 1 amide bonds. The second-order valence-corrected chi connectivity index (χ2v) is 5.33. The van der Waals surface area contributed by atoms with Crippen LogP contribution in [0.4, 0.5) is 10.1 Å². The maximum absolute atomic E-state index is 13.4. The number of halogens is 1. The summed E-state index contributed by atoms with van der Waals surface area (Å²) in [5.74, 6) is -0.381. The molecule has 1 atom stereocenters. The van der Waals surface area contributed by atoms with Crippen LogP contribution >= 0.6 is 0 Å². The minimum absolute atomic E-state index is 0.0598. The average molecular weight is 301 g/mol. The molecule has 1 saturated heterocycles. The molecule has 1 unspecified atom stereocenters. The molecule has 0 bridgehead atoms. The Hall–Kier alpha value is -2.56. The number of anilines is 1. The maximum atomic E-state index is 13.4. The maximum Gasteiger partial charge on any atom is 0.227 e. The number of hydrogen-bond donors (Lipinski definition) is 1. The van der Waals surface area contributed by atoms with Crippen molar-refractivity contribution in [2.24, 2.45) is 5.92 Å². The lowest BCUT2D eigenvalue weighted by Gasteiger charge is -2.17. The topological polar surface area (TPSA) is 49.8 Å². The Bertz CT molecular complexity index is 675. The number of ether oxygens (including phenoxy) is 1. The third-order valence-corrected chi connectivity index (χ3v) is 3.68. The molecule has 0 radical (unpaired) electrons. The van der Waals surface area contributed by atoms with Gasteiger partial charge in [0, 0.05) is 30.6 Å². The molecule has 1 aliphatic heterocycles. The summed E-state index contributed by atoms with van der Waals surface area (Å²) in [5.41, 5.74) is 0.461. The van der Waals surface area contributed by atoms with Gasteiger partial charge in [-0.3, -0.25) is 4.79 Å². The van der Waals surface area contributed by atoms with Crippen molar-refractivity contribution in [3.05, 3.63) is 54.3 Å². The predicted octanol–water partition coefficient (Wildman–Crippen LogP) is 2.96. The van der Waals surface area contributed by atoms with Crippen LogP contribution in [0.5, 0.6) is 11.5 Å². The van der Waals surface area contributed by atoms with E-state index in [1.807, 2.05) is 30.3 Å². The molecule has 0 aromatic heterocycles. The summed E-state index contributed by atoms with van der Waals surface area (Å²) in [6.07, 6.45) is 0.370. The van der Waals surface area contributed by atoms with Gasteiger partial charge in [0.1, 0.15) is 5.75 Å². The first-order valence-electron chi connectivity index (χ1n) is 7.10. The highest BCUT2D eigenvalue weighted by Gasteiger charge is 2.31. The molecule has 5 heteroatoms. The zero-order valence-corrected chi connectivity index (χ0v) is 11.9. The fraction of sp³-hybridized carbons (Fsp3) is 0.235. The van der Waals surface area contributed by atoms with E-state index in [-0.39, 0.29) is 11.8 Å². The van der Waals surface area contributed by atoms with E-state index in [2.05, 4.69) is 0 Å². The van der Waals surface area contributed by atoms with Crippen LogP contribution in [0.1, 0.15) is 6.42 Å². The first-order valence-corrected chi connectivity index (χ1v) is 7.10. The summed E-state index contributed by atoms with van der Waals surface area (Å²) in [7, 11) is 0. The molecule has 1 N–H and O–H groups in total. The minimum atomic E-state index is -0.728. The second kappa shape index (κ2) is 6.05. The molecule has 2 aromatic rings. The van der Waals surface area contributed by atoms with Gasteiger partial charge in [0.2, 0.25) is 5.91 Å². The number of amides is 1. The molecule has 1 heterocycles. The smallest absolute Gasteiger partial charge is 0.227 e. The Morgan fingerprint density at radius 2 is 2.00 bits per heavy atom. The number of para-hydroxylation sites is 1. The molecule has 22 heavy (non-hydrogen) atoms. The monoisotopic (exact) mass is 301 g/mol. The van der Waals surface area contributed by atoms with E-state index in [1.165, 1.54) is 23.1 Å².